The molecule has 0 saturated carbocycles. The van der Waals surface area contributed by atoms with Crippen LogP contribution in [0.5, 0.6) is 0 Å². The Bertz CT molecular complexity index is 968. The minimum absolute atomic E-state index is 0.0138. The molecule has 0 saturated heterocycles. The Morgan fingerprint density at radius 2 is 2.07 bits per heavy atom. The molecule has 0 radical (unpaired) electrons. The number of nitrogens with zero attached hydrogens (tertiary/aromatic N) is 3. The highest BCUT2D eigenvalue weighted by Crippen LogP contribution is 2.25. The molecule has 0 aliphatic rings. The van der Waals surface area contributed by atoms with E-state index in [-0.39, 0.29) is 5.75 Å². The smallest absolute Gasteiger partial charge is 0.325 e. The monoisotopic (exact) mass is 402 g/mol. The second-order valence-electron chi connectivity index (χ2n) is 5.76. The van der Waals surface area contributed by atoms with Gasteiger partial charge in [0.2, 0.25) is 11.1 Å². The number of thiophene rings is 1. The van der Waals surface area contributed by atoms with Crippen LogP contribution in [-0.4, -0.2) is 32.6 Å². The van der Waals surface area contributed by atoms with E-state index in [1.54, 1.807) is 6.07 Å². The summed E-state index contributed by atoms with van der Waals surface area (Å²) in [7, 11) is 0. The number of benzene rings is 1. The summed E-state index contributed by atoms with van der Waals surface area (Å²) in [5, 5.41) is 15.3. The lowest BCUT2D eigenvalue weighted by molar-refractivity contribution is -0.117. The van der Waals surface area contributed by atoms with Crippen molar-refractivity contribution >= 4 is 40.7 Å². The molecule has 3 rings (SSSR count). The van der Waals surface area contributed by atoms with Gasteiger partial charge in [-0.2, -0.15) is 0 Å². The standard InChI is InChI=1S/C17H18N6O2S2/c1-10-5-6-12(11(2)8-10)19-16(25)20-14(24)9-27-17-22-21-15(23(17)18)13-4-3-7-26-13/h3-8H,9,18H2,1-2H3,(H2,19,20,24,25). The van der Waals surface area contributed by atoms with Gasteiger partial charge in [-0.3, -0.25) is 10.1 Å². The lowest BCUT2D eigenvalue weighted by Crippen LogP contribution is -2.35. The van der Waals surface area contributed by atoms with E-state index in [1.807, 2.05) is 43.5 Å². The lowest BCUT2D eigenvalue weighted by Gasteiger charge is -2.09. The van der Waals surface area contributed by atoms with Gasteiger partial charge < -0.3 is 11.2 Å². The van der Waals surface area contributed by atoms with E-state index in [1.165, 1.54) is 16.0 Å². The van der Waals surface area contributed by atoms with E-state index in [9.17, 15) is 9.59 Å². The van der Waals surface area contributed by atoms with Crippen molar-refractivity contribution in [2.24, 2.45) is 0 Å². The van der Waals surface area contributed by atoms with Crippen molar-refractivity contribution in [2.45, 2.75) is 19.0 Å². The summed E-state index contributed by atoms with van der Waals surface area (Å²) in [5.74, 6) is 6.04. The van der Waals surface area contributed by atoms with Crippen molar-refractivity contribution in [3.63, 3.8) is 0 Å². The molecule has 0 atom stereocenters. The van der Waals surface area contributed by atoms with E-state index < -0.39 is 11.9 Å². The Morgan fingerprint density at radius 3 is 2.78 bits per heavy atom. The van der Waals surface area contributed by atoms with Gasteiger partial charge in [0.1, 0.15) is 0 Å². The van der Waals surface area contributed by atoms with Crippen molar-refractivity contribution < 1.29 is 9.59 Å². The summed E-state index contributed by atoms with van der Waals surface area (Å²) in [6.07, 6.45) is 0. The number of aryl methyl sites for hydroxylation is 2. The number of hydrogen-bond donors (Lipinski definition) is 3. The average Bonchev–Trinajstić information content (AvgIpc) is 3.25. The average molecular weight is 403 g/mol. The summed E-state index contributed by atoms with van der Waals surface area (Å²) in [6.45, 7) is 3.86. The van der Waals surface area contributed by atoms with Gasteiger partial charge in [-0.15, -0.1) is 21.5 Å². The van der Waals surface area contributed by atoms with Crippen molar-refractivity contribution in [1.82, 2.24) is 20.2 Å². The maximum atomic E-state index is 12.0. The van der Waals surface area contributed by atoms with E-state index >= 15 is 0 Å². The lowest BCUT2D eigenvalue weighted by atomic mass is 10.1. The summed E-state index contributed by atoms with van der Waals surface area (Å²) >= 11 is 2.60. The van der Waals surface area contributed by atoms with Crippen LogP contribution in [0.2, 0.25) is 0 Å². The zero-order valence-corrected chi connectivity index (χ0v) is 16.4. The Labute approximate surface area is 164 Å². The first-order valence-electron chi connectivity index (χ1n) is 7.99. The van der Waals surface area contributed by atoms with E-state index in [2.05, 4.69) is 20.8 Å². The van der Waals surface area contributed by atoms with E-state index in [0.717, 1.165) is 27.8 Å². The third kappa shape index (κ3) is 4.66. The predicted molar refractivity (Wildman–Crippen MR) is 107 cm³/mol. The predicted octanol–water partition coefficient (Wildman–Crippen LogP) is 2.78. The molecule has 0 aliphatic heterocycles. The van der Waals surface area contributed by atoms with E-state index in [0.29, 0.717) is 16.7 Å². The molecule has 0 spiro atoms. The molecule has 2 aromatic heterocycles. The molecule has 0 unspecified atom stereocenters. The van der Waals surface area contributed by atoms with Gasteiger partial charge >= 0.3 is 6.03 Å². The number of urea groups is 1. The number of rotatable bonds is 5. The summed E-state index contributed by atoms with van der Waals surface area (Å²) < 4.78 is 1.33. The fraction of sp³-hybridized carbons (Fsp3) is 0.176. The first-order valence-corrected chi connectivity index (χ1v) is 9.86. The molecule has 140 valence electrons. The summed E-state index contributed by atoms with van der Waals surface area (Å²) in [4.78, 5) is 24.9. The largest absolute Gasteiger partial charge is 0.335 e. The van der Waals surface area contributed by atoms with Gasteiger partial charge in [-0.25, -0.2) is 9.47 Å². The maximum Gasteiger partial charge on any atom is 0.325 e. The van der Waals surface area contributed by atoms with Crippen molar-refractivity contribution in [3.05, 3.63) is 46.8 Å². The molecule has 3 amide bonds. The Hall–Kier alpha value is -2.85. The molecular weight excluding hydrogens is 384 g/mol. The Morgan fingerprint density at radius 1 is 1.26 bits per heavy atom. The van der Waals surface area contributed by atoms with Crippen LogP contribution in [0.4, 0.5) is 10.5 Å². The number of aromatic nitrogens is 3. The Balaban J connectivity index is 1.53. The van der Waals surface area contributed by atoms with Crippen LogP contribution in [-0.2, 0) is 4.79 Å². The van der Waals surface area contributed by atoms with Crippen molar-refractivity contribution in [1.29, 1.82) is 0 Å². The maximum absolute atomic E-state index is 12.0. The molecule has 0 bridgehead atoms. The number of carbonyl (C=O) groups excluding carboxylic acids is 2. The highest BCUT2D eigenvalue weighted by atomic mass is 32.2. The quantitative estimate of drug-likeness (QED) is 0.446. The normalized spacial score (nSPS) is 10.6. The SMILES string of the molecule is Cc1ccc(NC(=O)NC(=O)CSc2nnc(-c3cccs3)n2N)c(C)c1. The number of anilines is 1. The number of hydrogen-bond acceptors (Lipinski definition) is 7. The highest BCUT2D eigenvalue weighted by molar-refractivity contribution is 7.99. The van der Waals surface area contributed by atoms with Gasteiger partial charge in [0, 0.05) is 5.69 Å². The topological polar surface area (TPSA) is 115 Å². The molecule has 4 N–H and O–H groups in total. The van der Waals surface area contributed by atoms with Crippen LogP contribution in [0.3, 0.4) is 0 Å². The third-order valence-corrected chi connectivity index (χ3v) is 5.43. The number of thioether (sulfide) groups is 1. The van der Waals surface area contributed by atoms with Crippen LogP contribution < -0.4 is 16.5 Å². The fourth-order valence-electron chi connectivity index (χ4n) is 2.35. The second kappa shape index (κ2) is 8.23. The van der Waals surface area contributed by atoms with E-state index in [4.69, 9.17) is 5.84 Å². The van der Waals surface area contributed by atoms with Crippen molar-refractivity contribution in [2.75, 3.05) is 16.9 Å². The molecule has 0 fully saturated rings. The zero-order valence-electron chi connectivity index (χ0n) is 14.7. The van der Waals surface area contributed by atoms with Crippen LogP contribution in [0, 0.1) is 13.8 Å². The molecule has 27 heavy (non-hydrogen) atoms. The second-order valence-corrected chi connectivity index (χ2v) is 7.65. The minimum atomic E-state index is -0.582. The number of amides is 3. The molecule has 0 aliphatic carbocycles. The highest BCUT2D eigenvalue weighted by Gasteiger charge is 2.15. The van der Waals surface area contributed by atoms with Crippen LogP contribution >= 0.6 is 23.1 Å². The Kier molecular flexibility index (Phi) is 5.77. The molecular formula is C17H18N6O2S2. The summed E-state index contributed by atoms with van der Waals surface area (Å²) in [5.41, 5.74) is 2.67. The van der Waals surface area contributed by atoms with Crippen LogP contribution in [0.25, 0.3) is 10.7 Å². The van der Waals surface area contributed by atoms with Gasteiger partial charge in [0.05, 0.1) is 10.6 Å². The van der Waals surface area contributed by atoms with Gasteiger partial charge in [0.15, 0.2) is 5.82 Å². The number of nitrogens with one attached hydrogen (secondary N) is 2. The van der Waals surface area contributed by atoms with Crippen LogP contribution in [0.1, 0.15) is 11.1 Å². The molecule has 3 aromatic rings. The molecule has 1 aromatic carbocycles. The van der Waals surface area contributed by atoms with Gasteiger partial charge in [-0.05, 0) is 36.9 Å². The van der Waals surface area contributed by atoms with Crippen molar-refractivity contribution in [3.8, 4) is 10.7 Å². The third-order valence-electron chi connectivity index (χ3n) is 3.62. The number of nitrogen functional groups attached to an aromatic ring is 1. The minimum Gasteiger partial charge on any atom is -0.335 e. The molecule has 2 heterocycles. The first-order chi connectivity index (χ1) is 12.9. The van der Waals surface area contributed by atoms with Crippen LogP contribution in [0.15, 0.2) is 40.9 Å². The fourth-order valence-corrected chi connectivity index (χ4v) is 3.71. The first kappa shape index (κ1) is 18.9. The van der Waals surface area contributed by atoms with Gasteiger partial charge in [0.25, 0.3) is 0 Å². The summed E-state index contributed by atoms with van der Waals surface area (Å²) in [6, 6.07) is 8.83. The zero-order chi connectivity index (χ0) is 19.4. The van der Waals surface area contributed by atoms with Gasteiger partial charge in [-0.1, -0.05) is 35.5 Å². The molecule has 10 heteroatoms. The number of nitrogens with two attached hydrogens (primary N) is 1. The number of carbonyl (C=O) groups is 2. The molecule has 8 nitrogen and oxygen atoms in total. The number of imide groups is 1.